The fourth-order valence-electron chi connectivity index (χ4n) is 3.45. The van der Waals surface area contributed by atoms with E-state index in [1.165, 1.54) is 6.92 Å². The second-order valence-corrected chi connectivity index (χ2v) is 8.77. The van der Waals surface area contributed by atoms with Crippen LogP contribution in [0.5, 0.6) is 0 Å². The molecule has 0 unspecified atom stereocenters. The molecule has 0 saturated carbocycles. The SMILES string of the molecule is C[C@H](NC(=O)OCc1ccccc1)C(=O)N[C@H](CCC(=O)OCc1ccccc1)C(=O)OCc1ccccc1. The Kier molecular flexibility index (Phi) is 11.5. The van der Waals surface area contributed by atoms with Crippen molar-refractivity contribution in [3.05, 3.63) is 108 Å². The zero-order valence-corrected chi connectivity index (χ0v) is 21.7. The first-order valence-electron chi connectivity index (χ1n) is 12.6. The lowest BCUT2D eigenvalue weighted by atomic mass is 10.1. The summed E-state index contributed by atoms with van der Waals surface area (Å²) in [6.45, 7) is 1.60. The third kappa shape index (κ3) is 10.7. The Morgan fingerprint density at radius 3 is 1.62 bits per heavy atom. The third-order valence-electron chi connectivity index (χ3n) is 5.65. The van der Waals surface area contributed by atoms with E-state index in [9.17, 15) is 19.2 Å². The quantitative estimate of drug-likeness (QED) is 0.252. The number of hydrogen-bond donors (Lipinski definition) is 2. The molecule has 9 heteroatoms. The smallest absolute Gasteiger partial charge is 0.408 e. The Hall–Kier alpha value is -4.66. The molecule has 0 aliphatic rings. The number of esters is 2. The van der Waals surface area contributed by atoms with Crippen LogP contribution in [0.25, 0.3) is 0 Å². The molecule has 0 radical (unpaired) electrons. The van der Waals surface area contributed by atoms with Gasteiger partial charge in [0.05, 0.1) is 0 Å². The molecule has 39 heavy (non-hydrogen) atoms. The van der Waals surface area contributed by atoms with Crippen LogP contribution in [-0.2, 0) is 48.4 Å². The maximum atomic E-state index is 12.8. The van der Waals surface area contributed by atoms with Crippen molar-refractivity contribution in [2.75, 3.05) is 0 Å². The minimum absolute atomic E-state index is 0.00408. The lowest BCUT2D eigenvalue weighted by Crippen LogP contribution is -2.50. The topological polar surface area (TPSA) is 120 Å². The van der Waals surface area contributed by atoms with Crippen LogP contribution in [-0.4, -0.2) is 36.0 Å². The van der Waals surface area contributed by atoms with E-state index >= 15 is 0 Å². The highest BCUT2D eigenvalue weighted by molar-refractivity contribution is 5.89. The molecule has 0 aromatic heterocycles. The number of benzene rings is 3. The summed E-state index contributed by atoms with van der Waals surface area (Å²) in [7, 11) is 0. The van der Waals surface area contributed by atoms with Gasteiger partial charge >= 0.3 is 18.0 Å². The Balaban J connectivity index is 1.53. The molecular weight excluding hydrogens is 500 g/mol. The van der Waals surface area contributed by atoms with Gasteiger partial charge in [-0.3, -0.25) is 9.59 Å². The van der Waals surface area contributed by atoms with Crippen LogP contribution in [0.3, 0.4) is 0 Å². The molecular formula is C30H32N2O7. The number of hydrogen-bond acceptors (Lipinski definition) is 7. The van der Waals surface area contributed by atoms with E-state index in [-0.39, 0.29) is 32.7 Å². The molecule has 3 aromatic carbocycles. The van der Waals surface area contributed by atoms with Gasteiger partial charge in [0.2, 0.25) is 5.91 Å². The predicted octanol–water partition coefficient (Wildman–Crippen LogP) is 4.05. The van der Waals surface area contributed by atoms with Crippen LogP contribution in [0.15, 0.2) is 91.0 Å². The molecule has 3 rings (SSSR count). The lowest BCUT2D eigenvalue weighted by Gasteiger charge is -2.20. The molecule has 204 valence electrons. The molecule has 3 aromatic rings. The normalized spacial score (nSPS) is 11.9. The zero-order chi connectivity index (χ0) is 27.9. The molecule has 9 nitrogen and oxygen atoms in total. The standard InChI is InChI=1S/C30H32N2O7/c1-22(31-30(36)39-21-25-15-9-4-10-16-25)28(34)32-26(29(35)38-20-24-13-7-3-8-14-24)17-18-27(33)37-19-23-11-5-2-6-12-23/h2-16,22,26H,17-21H2,1H3,(H,31,36)(H,32,34)/t22-,26+/m0/s1. The van der Waals surface area contributed by atoms with Crippen LogP contribution < -0.4 is 10.6 Å². The fourth-order valence-corrected chi connectivity index (χ4v) is 3.45. The average Bonchev–Trinajstić information content (AvgIpc) is 2.97. The summed E-state index contributed by atoms with van der Waals surface area (Å²) >= 11 is 0. The van der Waals surface area contributed by atoms with Gasteiger partial charge in [0.15, 0.2) is 0 Å². The molecule has 2 amide bonds. The van der Waals surface area contributed by atoms with Crippen LogP contribution in [0.2, 0.25) is 0 Å². The Labute approximate surface area is 227 Å². The maximum absolute atomic E-state index is 12.8. The largest absolute Gasteiger partial charge is 0.461 e. The van der Waals surface area contributed by atoms with Gasteiger partial charge in [0.25, 0.3) is 0 Å². The first-order valence-corrected chi connectivity index (χ1v) is 12.6. The number of nitrogens with one attached hydrogen (secondary N) is 2. The summed E-state index contributed by atoms with van der Waals surface area (Å²) in [5.74, 6) is -1.86. The van der Waals surface area contributed by atoms with Crippen molar-refractivity contribution in [3.8, 4) is 0 Å². The van der Waals surface area contributed by atoms with Gasteiger partial charge in [0.1, 0.15) is 31.9 Å². The van der Waals surface area contributed by atoms with Crippen LogP contribution in [0, 0.1) is 0 Å². The summed E-state index contributed by atoms with van der Waals surface area (Å²) in [5.41, 5.74) is 2.40. The van der Waals surface area contributed by atoms with Crippen molar-refractivity contribution in [1.82, 2.24) is 10.6 Å². The second-order valence-electron chi connectivity index (χ2n) is 8.77. The van der Waals surface area contributed by atoms with Crippen molar-refractivity contribution in [2.45, 2.75) is 51.7 Å². The van der Waals surface area contributed by atoms with Crippen LogP contribution in [0.1, 0.15) is 36.5 Å². The van der Waals surface area contributed by atoms with Crippen molar-refractivity contribution < 1.29 is 33.4 Å². The lowest BCUT2D eigenvalue weighted by molar-refractivity contribution is -0.150. The summed E-state index contributed by atoms with van der Waals surface area (Å²) in [6, 6.07) is 25.2. The van der Waals surface area contributed by atoms with Crippen molar-refractivity contribution >= 4 is 23.9 Å². The minimum Gasteiger partial charge on any atom is -0.461 e. The number of rotatable bonds is 13. The molecule has 0 bridgehead atoms. The molecule has 0 aliphatic carbocycles. The van der Waals surface area contributed by atoms with Gasteiger partial charge in [-0.1, -0.05) is 91.0 Å². The zero-order valence-electron chi connectivity index (χ0n) is 21.7. The Morgan fingerprint density at radius 1 is 0.641 bits per heavy atom. The molecule has 0 spiro atoms. The molecule has 0 aliphatic heterocycles. The van der Waals surface area contributed by atoms with Crippen LogP contribution in [0.4, 0.5) is 4.79 Å². The number of ether oxygens (including phenoxy) is 3. The number of alkyl carbamates (subject to hydrolysis) is 1. The fraction of sp³-hybridized carbons (Fsp3) is 0.267. The van der Waals surface area contributed by atoms with Gasteiger partial charge in [-0.25, -0.2) is 9.59 Å². The van der Waals surface area contributed by atoms with E-state index in [1.54, 1.807) is 24.3 Å². The van der Waals surface area contributed by atoms with Crippen LogP contribution >= 0.6 is 0 Å². The summed E-state index contributed by atoms with van der Waals surface area (Å²) in [4.78, 5) is 50.1. The molecule has 0 heterocycles. The average molecular weight is 533 g/mol. The molecule has 0 fully saturated rings. The first-order chi connectivity index (χ1) is 18.9. The van der Waals surface area contributed by atoms with Gasteiger partial charge in [-0.05, 0) is 30.0 Å². The van der Waals surface area contributed by atoms with E-state index < -0.39 is 36.0 Å². The van der Waals surface area contributed by atoms with E-state index in [4.69, 9.17) is 14.2 Å². The highest BCUT2D eigenvalue weighted by Gasteiger charge is 2.27. The molecule has 2 N–H and O–H groups in total. The van der Waals surface area contributed by atoms with E-state index in [0.29, 0.717) is 0 Å². The molecule has 0 saturated heterocycles. The highest BCUT2D eigenvalue weighted by Crippen LogP contribution is 2.09. The van der Waals surface area contributed by atoms with Gasteiger partial charge in [-0.2, -0.15) is 0 Å². The number of carbonyl (C=O) groups is 4. The van der Waals surface area contributed by atoms with E-state index in [0.717, 1.165) is 16.7 Å². The number of amides is 2. The van der Waals surface area contributed by atoms with E-state index in [2.05, 4.69) is 10.6 Å². The minimum atomic E-state index is -1.13. The Bertz CT molecular complexity index is 1200. The first kappa shape index (κ1) is 28.9. The summed E-state index contributed by atoms with van der Waals surface area (Å²) < 4.78 is 15.8. The van der Waals surface area contributed by atoms with Gasteiger partial charge in [0, 0.05) is 6.42 Å². The monoisotopic (exact) mass is 532 g/mol. The Morgan fingerprint density at radius 2 is 1.10 bits per heavy atom. The summed E-state index contributed by atoms with van der Waals surface area (Å²) in [6.07, 6.45) is -0.952. The van der Waals surface area contributed by atoms with Crippen molar-refractivity contribution in [3.63, 3.8) is 0 Å². The molecule has 2 atom stereocenters. The van der Waals surface area contributed by atoms with E-state index in [1.807, 2.05) is 66.7 Å². The van der Waals surface area contributed by atoms with Crippen molar-refractivity contribution in [2.24, 2.45) is 0 Å². The second kappa shape index (κ2) is 15.6. The third-order valence-corrected chi connectivity index (χ3v) is 5.65. The predicted molar refractivity (Wildman–Crippen MR) is 143 cm³/mol. The highest BCUT2D eigenvalue weighted by atomic mass is 16.5. The maximum Gasteiger partial charge on any atom is 0.408 e. The van der Waals surface area contributed by atoms with Crippen molar-refractivity contribution in [1.29, 1.82) is 0 Å². The van der Waals surface area contributed by atoms with Gasteiger partial charge in [-0.15, -0.1) is 0 Å². The number of carbonyl (C=O) groups excluding carboxylic acids is 4. The van der Waals surface area contributed by atoms with Gasteiger partial charge < -0.3 is 24.8 Å². The summed E-state index contributed by atoms with van der Waals surface area (Å²) in [5, 5.41) is 5.01.